The van der Waals surface area contributed by atoms with Gasteiger partial charge in [0.05, 0.1) is 16.7 Å². The summed E-state index contributed by atoms with van der Waals surface area (Å²) in [4.78, 5) is 63.2. The third kappa shape index (κ3) is 4.80. The summed E-state index contributed by atoms with van der Waals surface area (Å²) in [5.74, 6) is -3.03. The second kappa shape index (κ2) is 9.34. The van der Waals surface area contributed by atoms with Gasteiger partial charge in [0.1, 0.15) is 0 Å². The van der Waals surface area contributed by atoms with Crippen molar-refractivity contribution in [3.05, 3.63) is 90.3 Å². The Morgan fingerprint density at radius 3 is 1.73 bits per heavy atom. The summed E-state index contributed by atoms with van der Waals surface area (Å²) in [6.45, 7) is 0. The highest BCUT2D eigenvalue weighted by Gasteiger charge is 2.30. The number of amides is 3. The molecule has 162 valence electrons. The number of rotatable bonds is 5. The minimum absolute atomic E-state index is 0.106. The topological polar surface area (TPSA) is 170 Å². The van der Waals surface area contributed by atoms with Gasteiger partial charge in [-0.15, -0.1) is 0 Å². The van der Waals surface area contributed by atoms with Crippen LogP contribution in [0.2, 0.25) is 0 Å². The van der Waals surface area contributed by atoms with Crippen LogP contribution in [0.3, 0.4) is 0 Å². The second-order valence-electron chi connectivity index (χ2n) is 6.44. The maximum Gasteiger partial charge on any atom is 0.269 e. The maximum absolute atomic E-state index is 13.2. The molecule has 0 spiro atoms. The van der Waals surface area contributed by atoms with Gasteiger partial charge in [-0.2, -0.15) is 15.0 Å². The van der Waals surface area contributed by atoms with Crippen molar-refractivity contribution in [3.8, 4) is 0 Å². The van der Waals surface area contributed by atoms with Crippen LogP contribution in [-0.2, 0) is 0 Å². The van der Waals surface area contributed by atoms with E-state index in [9.17, 15) is 14.4 Å². The number of aromatic nitrogens is 6. The van der Waals surface area contributed by atoms with Gasteiger partial charge < -0.3 is 5.73 Å². The van der Waals surface area contributed by atoms with Gasteiger partial charge in [-0.05, 0) is 36.4 Å². The van der Waals surface area contributed by atoms with E-state index in [0.717, 1.165) is 0 Å². The van der Waals surface area contributed by atoms with Crippen molar-refractivity contribution >= 4 is 35.6 Å². The van der Waals surface area contributed by atoms with Crippen LogP contribution in [0.25, 0.3) is 0 Å². The summed E-state index contributed by atoms with van der Waals surface area (Å²) in [7, 11) is 0. The summed E-state index contributed by atoms with van der Waals surface area (Å²) >= 11 is 0. The Morgan fingerprint density at radius 1 is 0.727 bits per heavy atom. The maximum atomic E-state index is 13.2. The molecule has 0 aromatic carbocycles. The first-order valence-corrected chi connectivity index (χ1v) is 9.44. The number of pyridine rings is 3. The molecule has 4 rings (SSSR count). The average Bonchev–Trinajstić information content (AvgIpc) is 2.85. The molecule has 4 aromatic rings. The molecule has 0 aliphatic rings. The molecule has 4 aromatic heterocycles. The molecule has 3 N–H and O–H groups in total. The van der Waals surface area contributed by atoms with E-state index in [4.69, 9.17) is 5.73 Å². The van der Waals surface area contributed by atoms with E-state index in [2.05, 4.69) is 35.2 Å². The first-order valence-electron chi connectivity index (χ1n) is 9.44. The highest BCUT2D eigenvalue weighted by molar-refractivity contribution is 6.24. The van der Waals surface area contributed by atoms with Crippen LogP contribution in [0.4, 0.5) is 17.8 Å². The van der Waals surface area contributed by atoms with Crippen LogP contribution in [0.5, 0.6) is 0 Å². The third-order valence-corrected chi connectivity index (χ3v) is 4.21. The molecule has 0 radical (unpaired) electrons. The van der Waals surface area contributed by atoms with Gasteiger partial charge in [-0.1, -0.05) is 0 Å². The Bertz CT molecular complexity index is 1250. The second-order valence-corrected chi connectivity index (χ2v) is 6.44. The molecule has 0 fully saturated rings. The molecule has 12 nitrogen and oxygen atoms in total. The quantitative estimate of drug-likeness (QED) is 0.431. The number of nitrogens with zero attached hydrogens (tertiary/aromatic N) is 7. The number of nitrogens with two attached hydrogens (primary N) is 1. The molecule has 0 aliphatic heterocycles. The lowest BCUT2D eigenvalue weighted by Crippen LogP contribution is -2.39. The Morgan fingerprint density at radius 2 is 1.24 bits per heavy atom. The van der Waals surface area contributed by atoms with E-state index >= 15 is 0 Å². The molecule has 0 bridgehead atoms. The van der Waals surface area contributed by atoms with Crippen molar-refractivity contribution in [2.75, 3.05) is 16.0 Å². The van der Waals surface area contributed by atoms with Crippen LogP contribution < -0.4 is 16.0 Å². The number of hydrogen-bond donors (Lipinski definition) is 2. The zero-order valence-corrected chi connectivity index (χ0v) is 16.9. The Hall–Kier alpha value is -5.13. The minimum atomic E-state index is -0.757. The van der Waals surface area contributed by atoms with Crippen molar-refractivity contribution in [2.45, 2.75) is 0 Å². The third-order valence-electron chi connectivity index (χ3n) is 4.21. The number of nitrogen functional groups attached to an aromatic ring is 1. The Kier molecular flexibility index (Phi) is 5.98. The number of carbonyl (C=O) groups is 3. The number of nitrogens with one attached hydrogen (secondary N) is 1. The van der Waals surface area contributed by atoms with E-state index in [1.807, 2.05) is 0 Å². The molecule has 0 unspecified atom stereocenters. The summed E-state index contributed by atoms with van der Waals surface area (Å²) in [6.07, 6.45) is 8.42. The van der Waals surface area contributed by atoms with Crippen LogP contribution in [0, 0.1) is 0 Å². The van der Waals surface area contributed by atoms with Crippen molar-refractivity contribution in [3.63, 3.8) is 0 Å². The van der Waals surface area contributed by atoms with E-state index in [0.29, 0.717) is 4.90 Å². The van der Waals surface area contributed by atoms with Gasteiger partial charge in [0.25, 0.3) is 17.7 Å². The fourth-order valence-corrected chi connectivity index (χ4v) is 2.72. The normalized spacial score (nSPS) is 10.3. The molecule has 3 amide bonds. The lowest BCUT2D eigenvalue weighted by molar-refractivity contribution is 0.0894. The molecule has 0 saturated carbocycles. The lowest BCUT2D eigenvalue weighted by Gasteiger charge is -2.19. The van der Waals surface area contributed by atoms with E-state index in [1.54, 1.807) is 18.2 Å². The molecular weight excluding hydrogens is 426 g/mol. The summed E-state index contributed by atoms with van der Waals surface area (Å²) < 4.78 is 0. The van der Waals surface area contributed by atoms with Gasteiger partial charge in [0, 0.05) is 37.2 Å². The van der Waals surface area contributed by atoms with Crippen LogP contribution >= 0.6 is 0 Å². The van der Waals surface area contributed by atoms with Gasteiger partial charge in [0.15, 0.2) is 0 Å². The first kappa shape index (κ1) is 21.1. The fourth-order valence-electron chi connectivity index (χ4n) is 2.72. The highest BCUT2D eigenvalue weighted by Crippen LogP contribution is 2.19. The van der Waals surface area contributed by atoms with Crippen molar-refractivity contribution in [1.29, 1.82) is 0 Å². The molecule has 0 saturated heterocycles. The van der Waals surface area contributed by atoms with Gasteiger partial charge >= 0.3 is 0 Å². The lowest BCUT2D eigenvalue weighted by atomic mass is 10.2. The number of imide groups is 1. The number of anilines is 3. The SMILES string of the molecule is Nc1nc(NC(=O)c2cccnc2)nc(N(C(=O)c2cccnc2)C(=O)c2cccnc2)n1. The number of hydrogen-bond acceptors (Lipinski definition) is 10. The fraction of sp³-hybridized carbons (Fsp3) is 0. The first-order chi connectivity index (χ1) is 16.0. The van der Waals surface area contributed by atoms with Crippen molar-refractivity contribution in [1.82, 2.24) is 29.9 Å². The Labute approximate surface area is 186 Å². The molecular formula is C21H15N9O3. The highest BCUT2D eigenvalue weighted by atomic mass is 16.2. The summed E-state index contributed by atoms with van der Waals surface area (Å²) in [6, 6.07) is 9.17. The zero-order valence-electron chi connectivity index (χ0n) is 16.9. The molecule has 12 heteroatoms. The molecule has 0 atom stereocenters. The number of carbonyl (C=O) groups excluding carboxylic acids is 3. The van der Waals surface area contributed by atoms with E-state index in [-0.39, 0.29) is 34.5 Å². The standard InChI is InChI=1S/C21H15N9O3/c22-19-27-20(26-16(31)13-4-1-7-23-10-13)29-21(28-19)30(17(32)14-5-2-8-24-11-14)18(33)15-6-3-9-25-12-15/h1-12H,(H3,22,26,27,28,29,31). The molecule has 33 heavy (non-hydrogen) atoms. The van der Waals surface area contributed by atoms with Crippen molar-refractivity contribution < 1.29 is 14.4 Å². The molecule has 0 aliphatic carbocycles. The van der Waals surface area contributed by atoms with Gasteiger partial charge in [0.2, 0.25) is 17.8 Å². The summed E-state index contributed by atoms with van der Waals surface area (Å²) in [5, 5.41) is 2.46. The van der Waals surface area contributed by atoms with Crippen LogP contribution in [-0.4, -0.2) is 47.6 Å². The summed E-state index contributed by atoms with van der Waals surface area (Å²) in [5.41, 5.74) is 6.25. The predicted octanol–water partition coefficient (Wildman–Crippen LogP) is 1.38. The average molecular weight is 441 g/mol. The Balaban J connectivity index is 1.74. The van der Waals surface area contributed by atoms with Crippen molar-refractivity contribution in [2.24, 2.45) is 0 Å². The van der Waals surface area contributed by atoms with E-state index < -0.39 is 17.7 Å². The monoisotopic (exact) mass is 441 g/mol. The van der Waals surface area contributed by atoms with E-state index in [1.165, 1.54) is 55.4 Å². The van der Waals surface area contributed by atoms with Gasteiger partial charge in [-0.25, -0.2) is 4.90 Å². The largest absolute Gasteiger partial charge is 0.368 e. The van der Waals surface area contributed by atoms with Crippen LogP contribution in [0.1, 0.15) is 31.1 Å². The zero-order chi connectivity index (χ0) is 23.2. The minimum Gasteiger partial charge on any atom is -0.368 e. The smallest absolute Gasteiger partial charge is 0.269 e. The van der Waals surface area contributed by atoms with Gasteiger partial charge in [-0.3, -0.25) is 34.7 Å². The molecule has 4 heterocycles. The van der Waals surface area contributed by atoms with Crippen LogP contribution in [0.15, 0.2) is 73.6 Å². The predicted molar refractivity (Wildman–Crippen MR) is 116 cm³/mol.